The van der Waals surface area contributed by atoms with E-state index in [2.05, 4.69) is 44.5 Å². The normalized spacial score (nSPS) is 17.5. The first-order valence-electron chi connectivity index (χ1n) is 18.7. The Morgan fingerprint density at radius 1 is 0.942 bits per heavy atom. The van der Waals surface area contributed by atoms with Gasteiger partial charge in [0.2, 0.25) is 20.9 Å². The third kappa shape index (κ3) is 13.3. The summed E-state index contributed by atoms with van der Waals surface area (Å²) in [7, 11) is -1.27. The highest BCUT2D eigenvalue weighted by Crippen LogP contribution is 2.41. The molecule has 287 valence electrons. The monoisotopic (exact) mass is 754 g/mol. The van der Waals surface area contributed by atoms with Crippen LogP contribution in [0.4, 0.5) is 4.79 Å². The summed E-state index contributed by atoms with van der Waals surface area (Å²) in [6.45, 7) is 20.7. The number of Topliss-reactive ketones (excluding diaryl/α,β-unsaturated/α-hetero) is 1. The Morgan fingerprint density at radius 2 is 1.58 bits per heavy atom. The Balaban J connectivity index is 2.12. The molecule has 0 bridgehead atoms. The molecule has 6 atom stereocenters. The Bertz CT molecular complexity index is 1480. The quantitative estimate of drug-likeness (QED) is 0.177. The number of piperidine rings is 1. The third-order valence-corrected chi connectivity index (χ3v) is 10.7. The van der Waals surface area contributed by atoms with Crippen molar-refractivity contribution < 1.29 is 28.3 Å². The first kappa shape index (κ1) is 43.2. The molecule has 9 nitrogen and oxygen atoms in total. The van der Waals surface area contributed by atoms with Gasteiger partial charge in [-0.15, -0.1) is 0 Å². The third-order valence-electron chi connectivity index (χ3n) is 9.74. The highest BCUT2D eigenvalue weighted by atomic mass is 35.5. The molecule has 0 saturated carbocycles. The predicted octanol–water partition coefficient (Wildman–Crippen LogP) is 8.18. The van der Waals surface area contributed by atoms with Crippen LogP contribution < -0.4 is 10.6 Å². The van der Waals surface area contributed by atoms with Crippen LogP contribution in [0, 0.1) is 23.2 Å². The second-order valence-electron chi connectivity index (χ2n) is 16.5. The maximum atomic E-state index is 14.7. The minimum atomic E-state index is -1.27. The van der Waals surface area contributed by atoms with E-state index in [1.807, 2.05) is 83.1 Å². The van der Waals surface area contributed by atoms with Gasteiger partial charge in [-0.25, -0.2) is 4.79 Å². The molecule has 3 amide bonds. The molecule has 2 aromatic carbocycles. The molecular weight excluding hydrogens is 694 g/mol. The van der Waals surface area contributed by atoms with Crippen molar-refractivity contribution in [1.82, 2.24) is 15.5 Å². The van der Waals surface area contributed by atoms with Gasteiger partial charge in [0.1, 0.15) is 17.4 Å². The molecule has 1 aliphatic heterocycles. The van der Waals surface area contributed by atoms with Crippen LogP contribution in [0.2, 0.25) is 18.1 Å². The van der Waals surface area contributed by atoms with E-state index in [1.165, 1.54) is 0 Å². The zero-order chi connectivity index (χ0) is 38.8. The van der Waals surface area contributed by atoms with E-state index in [4.69, 9.17) is 20.8 Å². The zero-order valence-electron chi connectivity index (χ0n) is 32.9. The number of ketones is 1. The minimum absolute atomic E-state index is 0.133. The second kappa shape index (κ2) is 19.2. The van der Waals surface area contributed by atoms with E-state index < -0.39 is 50.3 Å². The van der Waals surface area contributed by atoms with Crippen LogP contribution in [0.1, 0.15) is 98.3 Å². The van der Waals surface area contributed by atoms with E-state index in [0.717, 1.165) is 11.1 Å². The van der Waals surface area contributed by atoms with Crippen LogP contribution in [0.3, 0.4) is 0 Å². The molecular formula is C41H61ClN3O6Si. The van der Waals surface area contributed by atoms with Crippen LogP contribution in [-0.4, -0.2) is 68.4 Å². The van der Waals surface area contributed by atoms with Gasteiger partial charge < -0.3 is 24.7 Å². The number of carbonyl (C=O) groups is 4. The van der Waals surface area contributed by atoms with Crippen molar-refractivity contribution in [3.63, 3.8) is 0 Å². The first-order chi connectivity index (χ1) is 24.3. The fourth-order valence-electron chi connectivity index (χ4n) is 6.78. The lowest BCUT2D eigenvalue weighted by Crippen LogP contribution is -2.55. The van der Waals surface area contributed by atoms with Gasteiger partial charge in [0.25, 0.3) is 0 Å². The molecule has 1 fully saturated rings. The second-order valence-corrected chi connectivity index (χ2v) is 19.0. The van der Waals surface area contributed by atoms with Crippen LogP contribution in [0.15, 0.2) is 54.6 Å². The van der Waals surface area contributed by atoms with Crippen molar-refractivity contribution in [3.8, 4) is 0 Å². The van der Waals surface area contributed by atoms with E-state index in [0.29, 0.717) is 50.2 Å². The molecule has 1 heterocycles. The summed E-state index contributed by atoms with van der Waals surface area (Å²) in [5, 5.41) is 6.98. The number of hydrogen-bond acceptors (Lipinski definition) is 6. The van der Waals surface area contributed by atoms with E-state index >= 15 is 0 Å². The van der Waals surface area contributed by atoms with Crippen molar-refractivity contribution in [2.24, 2.45) is 23.2 Å². The van der Waals surface area contributed by atoms with Crippen molar-refractivity contribution in [2.75, 3.05) is 13.1 Å². The Kier molecular flexibility index (Phi) is 16.0. The standard InChI is InChI=1S/C41H61ClN3O6Si/c1-11-27(2)34(38(48)45-22-20-32(46)21-23-45)43-37(47)30(24-28-16-15-19-31(42)25-28)26-33(40(3,4)5)35(44-39(49)50-41(6,7)8)36(51-52(9)10)29-17-13-12-14-18-29/h12-19,25,27,30,33-36H,11,20-24,26H2,1-10H3,(H,43,47)(H,44,49)/t27-,30-,33+,34-,35-,36?/m0/s1. The van der Waals surface area contributed by atoms with Crippen LogP contribution in [0.5, 0.6) is 0 Å². The smallest absolute Gasteiger partial charge is 0.407 e. The lowest BCUT2D eigenvalue weighted by molar-refractivity contribution is -0.141. The summed E-state index contributed by atoms with van der Waals surface area (Å²) in [4.78, 5) is 56.0. The molecule has 52 heavy (non-hydrogen) atoms. The Hall–Kier alpha value is -3.21. The van der Waals surface area contributed by atoms with Gasteiger partial charge in [0.15, 0.2) is 0 Å². The number of hydrogen-bond donors (Lipinski definition) is 2. The van der Waals surface area contributed by atoms with Gasteiger partial charge in [-0.3, -0.25) is 14.4 Å². The fraction of sp³-hybridized carbons (Fsp3) is 0.610. The highest BCUT2D eigenvalue weighted by Gasteiger charge is 2.43. The number of alkyl carbamates (subject to hydrolysis) is 1. The lowest BCUT2D eigenvalue weighted by atomic mass is 9.69. The summed E-state index contributed by atoms with van der Waals surface area (Å²) in [5.74, 6) is -1.29. The molecule has 3 rings (SSSR count). The fourth-order valence-corrected chi connectivity index (χ4v) is 7.78. The van der Waals surface area contributed by atoms with E-state index in [-0.39, 0.29) is 29.4 Å². The SMILES string of the molecule is CC[C@H](C)[C@H](NC(=O)[C@@H](Cc1cccc(Cl)c1)C[C@H]([C@H](NC(=O)OC(C)(C)C)C(O[Si](C)C)c1ccccc1)C(C)(C)C)C(=O)N1CCC(=O)CC1. The van der Waals surface area contributed by atoms with Gasteiger partial charge in [-0.05, 0) is 87.2 Å². The number of amides is 3. The number of nitrogens with one attached hydrogen (secondary N) is 2. The molecule has 2 N–H and O–H groups in total. The number of rotatable bonds is 15. The number of ether oxygens (including phenoxy) is 1. The van der Waals surface area contributed by atoms with Gasteiger partial charge in [-0.2, -0.15) is 0 Å². The van der Waals surface area contributed by atoms with Gasteiger partial charge in [-0.1, -0.05) is 95.1 Å². The number of nitrogens with zero attached hydrogens (tertiary/aromatic N) is 1. The first-order valence-corrected chi connectivity index (χ1v) is 21.4. The van der Waals surface area contributed by atoms with Crippen LogP contribution in [-0.2, 0) is 30.0 Å². The predicted molar refractivity (Wildman–Crippen MR) is 209 cm³/mol. The summed E-state index contributed by atoms with van der Waals surface area (Å²) < 4.78 is 12.5. The topological polar surface area (TPSA) is 114 Å². The molecule has 0 spiro atoms. The number of benzene rings is 2. The van der Waals surface area contributed by atoms with Gasteiger partial charge in [0.05, 0.1) is 12.1 Å². The van der Waals surface area contributed by atoms with Crippen molar-refractivity contribution in [2.45, 2.75) is 124 Å². The van der Waals surface area contributed by atoms with Crippen molar-refractivity contribution in [3.05, 3.63) is 70.7 Å². The molecule has 1 aliphatic rings. The summed E-state index contributed by atoms with van der Waals surface area (Å²) >= 11 is 6.44. The lowest BCUT2D eigenvalue weighted by Gasteiger charge is -2.43. The summed E-state index contributed by atoms with van der Waals surface area (Å²) in [5.41, 5.74) is 0.653. The maximum absolute atomic E-state index is 14.7. The Labute approximate surface area is 318 Å². The average Bonchev–Trinajstić information content (AvgIpc) is 3.05. The van der Waals surface area contributed by atoms with E-state index in [9.17, 15) is 19.2 Å². The number of carbonyl (C=O) groups excluding carboxylic acids is 4. The molecule has 0 aromatic heterocycles. The highest BCUT2D eigenvalue weighted by molar-refractivity contribution is 6.48. The van der Waals surface area contributed by atoms with Crippen LogP contribution in [0.25, 0.3) is 0 Å². The molecule has 2 aromatic rings. The number of halogens is 1. The Morgan fingerprint density at radius 3 is 2.12 bits per heavy atom. The van der Waals surface area contributed by atoms with Gasteiger partial charge >= 0.3 is 6.09 Å². The summed E-state index contributed by atoms with van der Waals surface area (Å²) in [6, 6.07) is 16.0. The maximum Gasteiger partial charge on any atom is 0.407 e. The number of likely N-dealkylation sites (tertiary alicyclic amines) is 1. The molecule has 0 aliphatic carbocycles. The largest absolute Gasteiger partial charge is 0.444 e. The molecule has 1 radical (unpaired) electrons. The zero-order valence-corrected chi connectivity index (χ0v) is 34.6. The average molecular weight is 755 g/mol. The van der Waals surface area contributed by atoms with Crippen molar-refractivity contribution >= 4 is 44.3 Å². The molecule has 1 saturated heterocycles. The summed E-state index contributed by atoms with van der Waals surface area (Å²) in [6.07, 6.45) is 0.987. The van der Waals surface area contributed by atoms with Gasteiger partial charge in [0, 0.05) is 36.9 Å². The molecule has 1 unspecified atom stereocenters. The minimum Gasteiger partial charge on any atom is -0.444 e. The van der Waals surface area contributed by atoms with Crippen molar-refractivity contribution in [1.29, 1.82) is 0 Å². The van der Waals surface area contributed by atoms with Crippen LogP contribution >= 0.6 is 11.6 Å². The molecule has 11 heteroatoms. The van der Waals surface area contributed by atoms with E-state index in [1.54, 1.807) is 11.0 Å².